The smallest absolute Gasteiger partial charge is 0.416 e. The van der Waals surface area contributed by atoms with Crippen molar-refractivity contribution in [3.05, 3.63) is 47.5 Å². The van der Waals surface area contributed by atoms with Crippen molar-refractivity contribution < 1.29 is 36.9 Å². The van der Waals surface area contributed by atoms with Gasteiger partial charge in [0.05, 0.1) is 18.8 Å². The second kappa shape index (κ2) is 13.1. The van der Waals surface area contributed by atoms with Crippen molar-refractivity contribution in [3.8, 4) is 0 Å². The van der Waals surface area contributed by atoms with Crippen molar-refractivity contribution in [2.24, 2.45) is 11.8 Å². The molecule has 3 heterocycles. The molecule has 0 spiro atoms. The summed E-state index contributed by atoms with van der Waals surface area (Å²) in [5.41, 5.74) is -0.121. The van der Waals surface area contributed by atoms with Crippen molar-refractivity contribution >= 4 is 17.6 Å². The molecule has 2 aliphatic heterocycles. The van der Waals surface area contributed by atoms with Crippen LogP contribution in [0.5, 0.6) is 0 Å². The third-order valence-corrected chi connectivity index (χ3v) is 8.50. The largest absolute Gasteiger partial charge is 0.468 e. The number of likely N-dealkylation sites (tertiary alicyclic amines) is 1. The van der Waals surface area contributed by atoms with Crippen LogP contribution in [0.25, 0.3) is 0 Å². The molecule has 2 N–H and O–H groups in total. The summed E-state index contributed by atoms with van der Waals surface area (Å²) < 4.78 is 65.1. The number of methoxy groups -OCH3 is 1. The number of hydrogen-bond acceptors (Lipinski definition) is 9. The summed E-state index contributed by atoms with van der Waals surface area (Å²) in [5.74, 6) is -0.964. The van der Waals surface area contributed by atoms with Crippen molar-refractivity contribution in [2.45, 2.75) is 63.0 Å². The molecule has 3 atom stereocenters. The van der Waals surface area contributed by atoms with Gasteiger partial charge in [-0.3, -0.25) is 9.69 Å². The van der Waals surface area contributed by atoms with E-state index in [1.165, 1.54) is 25.6 Å². The summed E-state index contributed by atoms with van der Waals surface area (Å²) in [5, 5.41) is 14.0. The summed E-state index contributed by atoms with van der Waals surface area (Å²) in [6.45, 7) is 2.54. The highest BCUT2D eigenvalue weighted by Gasteiger charge is 2.40. The van der Waals surface area contributed by atoms with E-state index >= 15 is 4.39 Å². The highest BCUT2D eigenvalue weighted by molar-refractivity contribution is 5.76. The van der Waals surface area contributed by atoms with E-state index < -0.39 is 29.7 Å². The van der Waals surface area contributed by atoms with Crippen LogP contribution in [0.15, 0.2) is 30.6 Å². The number of piperidine rings is 1. The molecule has 0 amide bonds. The van der Waals surface area contributed by atoms with Crippen LogP contribution in [0.2, 0.25) is 0 Å². The van der Waals surface area contributed by atoms with E-state index in [1.54, 1.807) is 4.90 Å². The molecule has 2 saturated heterocycles. The maximum Gasteiger partial charge on any atom is 0.416 e. The zero-order chi connectivity index (χ0) is 29.9. The predicted molar refractivity (Wildman–Crippen MR) is 146 cm³/mol. The third kappa shape index (κ3) is 7.12. The molecule has 9 nitrogen and oxygen atoms in total. The van der Waals surface area contributed by atoms with Gasteiger partial charge in [0.15, 0.2) is 11.6 Å². The van der Waals surface area contributed by atoms with Crippen molar-refractivity contribution in [1.82, 2.24) is 14.9 Å². The lowest BCUT2D eigenvalue weighted by Crippen LogP contribution is -2.55. The molecule has 1 unspecified atom stereocenters. The van der Waals surface area contributed by atoms with Crippen LogP contribution >= 0.6 is 0 Å². The number of ether oxygens (including phenoxy) is 2. The lowest BCUT2D eigenvalue weighted by Gasteiger charge is -2.42. The Hall–Kier alpha value is -3.03. The highest BCUT2D eigenvalue weighted by Crippen LogP contribution is 2.36. The summed E-state index contributed by atoms with van der Waals surface area (Å²) in [6.07, 6.45) is -0.150. The van der Waals surface area contributed by atoms with Crippen LogP contribution in [-0.2, 0) is 27.0 Å². The normalized spacial score (nSPS) is 22.9. The number of aliphatic hydroxyl groups is 1. The number of esters is 1. The first kappa shape index (κ1) is 30.4. The molecule has 13 heteroatoms. The van der Waals surface area contributed by atoms with Gasteiger partial charge in [-0.05, 0) is 62.3 Å². The van der Waals surface area contributed by atoms with Gasteiger partial charge in [0.1, 0.15) is 12.4 Å². The van der Waals surface area contributed by atoms with E-state index in [-0.39, 0.29) is 48.6 Å². The van der Waals surface area contributed by atoms with Gasteiger partial charge in [-0.15, -0.1) is 0 Å². The Morgan fingerprint density at radius 2 is 1.88 bits per heavy atom. The van der Waals surface area contributed by atoms with Gasteiger partial charge in [0.2, 0.25) is 5.82 Å². The molecule has 5 rings (SSSR count). The van der Waals surface area contributed by atoms with Crippen molar-refractivity contribution in [1.29, 1.82) is 0 Å². The number of benzene rings is 1. The number of carbonyl (C=O) groups excluding carboxylic acids is 1. The summed E-state index contributed by atoms with van der Waals surface area (Å²) in [4.78, 5) is 24.7. The number of carbonyl (C=O) groups is 1. The molecular weight excluding hydrogens is 558 g/mol. The molecule has 230 valence electrons. The Balaban J connectivity index is 1.22. The lowest BCUT2D eigenvalue weighted by atomic mass is 9.86. The average molecular weight is 596 g/mol. The van der Waals surface area contributed by atoms with E-state index in [0.29, 0.717) is 38.3 Å². The first-order valence-corrected chi connectivity index (χ1v) is 14.4. The van der Waals surface area contributed by atoms with Gasteiger partial charge in [0, 0.05) is 44.8 Å². The van der Waals surface area contributed by atoms with Gasteiger partial charge in [0.25, 0.3) is 0 Å². The number of β-amino-alcohol motifs (C(OH)–C–C–N with tert-alkyl or cyclic N) is 1. The molecule has 2 aromatic rings. The molecule has 1 aromatic heterocycles. The number of anilines is 2. The molecule has 0 radical (unpaired) electrons. The van der Waals surface area contributed by atoms with Crippen molar-refractivity contribution in [3.63, 3.8) is 0 Å². The first-order valence-electron chi connectivity index (χ1n) is 14.4. The molecular formula is C29H37F4N5O4. The number of hydrogen-bond donors (Lipinski definition) is 2. The van der Waals surface area contributed by atoms with E-state index in [2.05, 4.69) is 15.3 Å². The average Bonchev–Trinajstić information content (AvgIpc) is 3.82. The van der Waals surface area contributed by atoms with E-state index in [0.717, 1.165) is 37.8 Å². The SMILES string of the molecule is COC(=O)C(C1CCOCC1)N1CC[C@H](CNc2ncnc(N(Cc3ccc(C(F)(F)F)cc3)C3CC3)c2F)[C@@H](O)C1. The number of nitrogens with one attached hydrogen (secondary N) is 1. The van der Waals surface area contributed by atoms with Gasteiger partial charge >= 0.3 is 12.1 Å². The standard InChI is InChI=1S/C29H37F4N5O4/c1-41-28(40)25(19-9-12-42-13-10-19)37-11-8-20(23(39)16-37)14-34-26-24(30)27(36-17-35-26)38(22-6-7-22)15-18-2-4-21(5-3-18)29(31,32)33/h2-5,17,19-20,22-23,25,39H,6-16H2,1H3,(H,34,35,36)/t20-,23+,25?/m1/s1. The number of aromatic nitrogens is 2. The second-order valence-electron chi connectivity index (χ2n) is 11.3. The molecule has 3 aliphatic rings. The molecule has 1 aromatic carbocycles. The topological polar surface area (TPSA) is 100 Å². The maximum absolute atomic E-state index is 15.7. The van der Waals surface area contributed by atoms with Gasteiger partial charge in [-0.2, -0.15) is 17.6 Å². The minimum atomic E-state index is -4.42. The van der Waals surface area contributed by atoms with Crippen LogP contribution in [0.1, 0.15) is 43.2 Å². The zero-order valence-electron chi connectivity index (χ0n) is 23.5. The summed E-state index contributed by atoms with van der Waals surface area (Å²) in [7, 11) is 1.38. The Morgan fingerprint density at radius 3 is 2.50 bits per heavy atom. The number of rotatable bonds is 10. The Bertz CT molecular complexity index is 1210. The molecule has 42 heavy (non-hydrogen) atoms. The van der Waals surface area contributed by atoms with E-state index in [4.69, 9.17) is 9.47 Å². The third-order valence-electron chi connectivity index (χ3n) is 8.50. The minimum Gasteiger partial charge on any atom is -0.468 e. The fourth-order valence-corrected chi connectivity index (χ4v) is 5.96. The lowest BCUT2D eigenvalue weighted by molar-refractivity contribution is -0.153. The molecule has 1 aliphatic carbocycles. The van der Waals surface area contributed by atoms with Crippen LogP contribution in [0.4, 0.5) is 29.2 Å². The Labute approximate surface area is 242 Å². The molecule has 3 fully saturated rings. The second-order valence-corrected chi connectivity index (χ2v) is 11.3. The fourth-order valence-electron chi connectivity index (χ4n) is 5.96. The van der Waals surface area contributed by atoms with Crippen LogP contribution < -0.4 is 10.2 Å². The van der Waals surface area contributed by atoms with Crippen LogP contribution in [0.3, 0.4) is 0 Å². The highest BCUT2D eigenvalue weighted by atomic mass is 19.4. The monoisotopic (exact) mass is 595 g/mol. The van der Waals surface area contributed by atoms with E-state index in [9.17, 15) is 23.1 Å². The maximum atomic E-state index is 15.7. The van der Waals surface area contributed by atoms with Crippen molar-refractivity contribution in [2.75, 3.05) is 50.2 Å². The first-order chi connectivity index (χ1) is 20.2. The zero-order valence-corrected chi connectivity index (χ0v) is 23.5. The number of aliphatic hydroxyl groups excluding tert-OH is 1. The Morgan fingerprint density at radius 1 is 1.17 bits per heavy atom. The quantitative estimate of drug-likeness (QED) is 0.313. The minimum absolute atomic E-state index is 0.00217. The summed E-state index contributed by atoms with van der Waals surface area (Å²) >= 11 is 0. The molecule has 1 saturated carbocycles. The fraction of sp³-hybridized carbons (Fsp3) is 0.621. The number of alkyl halides is 3. The van der Waals surface area contributed by atoms with Crippen LogP contribution in [-0.4, -0.2) is 84.1 Å². The summed E-state index contributed by atoms with van der Waals surface area (Å²) in [6, 6.07) is 4.44. The molecule has 0 bridgehead atoms. The number of nitrogens with zero attached hydrogens (tertiary/aromatic N) is 4. The number of halogens is 4. The van der Waals surface area contributed by atoms with E-state index in [1.807, 2.05) is 4.90 Å². The van der Waals surface area contributed by atoms with Gasteiger partial charge in [-0.25, -0.2) is 9.97 Å². The van der Waals surface area contributed by atoms with Gasteiger partial charge in [-0.1, -0.05) is 12.1 Å². The Kier molecular flexibility index (Phi) is 9.48. The predicted octanol–water partition coefficient (Wildman–Crippen LogP) is 3.87. The van der Waals surface area contributed by atoms with Gasteiger partial charge < -0.3 is 24.8 Å². The van der Waals surface area contributed by atoms with Crippen LogP contribution in [0, 0.1) is 17.7 Å².